The minimum Gasteiger partial charge on any atom is -0.443 e. The number of imide groups is 1. The summed E-state index contributed by atoms with van der Waals surface area (Å²) in [6.45, 7) is 5.07. The lowest BCUT2D eigenvalue weighted by atomic mass is 10.1. The number of rotatable bonds is 3. The molecular formula is C12H12ClNO3. The van der Waals surface area contributed by atoms with Crippen molar-refractivity contribution in [1.82, 2.24) is 5.32 Å². The molecule has 17 heavy (non-hydrogen) atoms. The molecule has 0 heterocycles. The van der Waals surface area contributed by atoms with Crippen LogP contribution in [0.3, 0.4) is 0 Å². The first kappa shape index (κ1) is 13.3. The number of halogens is 1. The third-order valence-corrected chi connectivity index (χ3v) is 1.96. The summed E-state index contributed by atoms with van der Waals surface area (Å²) >= 11 is 5.41. The minimum absolute atomic E-state index is 0.130. The smallest absolute Gasteiger partial charge is 0.414 e. The maximum absolute atomic E-state index is 11.6. The zero-order valence-electron chi connectivity index (χ0n) is 9.33. The van der Waals surface area contributed by atoms with Crippen LogP contribution in [0.1, 0.15) is 15.9 Å². The van der Waals surface area contributed by atoms with Crippen LogP contribution in [0.2, 0.25) is 0 Å². The Morgan fingerprint density at radius 1 is 1.47 bits per heavy atom. The Labute approximate surface area is 104 Å². The summed E-state index contributed by atoms with van der Waals surface area (Å²) in [7, 11) is 0. The molecule has 0 aromatic heterocycles. The molecule has 0 atom stereocenters. The number of hydrogen-bond acceptors (Lipinski definition) is 3. The van der Waals surface area contributed by atoms with Crippen molar-refractivity contribution in [2.75, 3.05) is 6.61 Å². The van der Waals surface area contributed by atoms with Gasteiger partial charge in [-0.15, -0.1) is 0 Å². The van der Waals surface area contributed by atoms with E-state index in [0.717, 1.165) is 5.56 Å². The van der Waals surface area contributed by atoms with Crippen LogP contribution in [0.5, 0.6) is 0 Å². The van der Waals surface area contributed by atoms with Gasteiger partial charge in [0.25, 0.3) is 5.91 Å². The first-order valence-corrected chi connectivity index (χ1v) is 5.25. The van der Waals surface area contributed by atoms with Crippen molar-refractivity contribution in [3.05, 3.63) is 47.0 Å². The van der Waals surface area contributed by atoms with E-state index < -0.39 is 12.0 Å². The number of aryl methyl sites for hydroxylation is 1. The molecule has 0 aliphatic rings. The fourth-order valence-electron chi connectivity index (χ4n) is 1.13. The standard InChI is InChI=1S/C12H12ClNO3/c1-8-4-3-5-10(6-8)11(15)14-12(16)17-7-9(2)13/h3-6H,2,7H2,1H3,(H,14,15,16). The van der Waals surface area contributed by atoms with Crippen molar-refractivity contribution in [2.24, 2.45) is 0 Å². The van der Waals surface area contributed by atoms with Gasteiger partial charge in [0.1, 0.15) is 6.61 Å². The second-order valence-electron chi connectivity index (χ2n) is 3.42. The lowest BCUT2D eigenvalue weighted by Gasteiger charge is -2.05. The van der Waals surface area contributed by atoms with Gasteiger partial charge in [0, 0.05) is 10.6 Å². The zero-order valence-corrected chi connectivity index (χ0v) is 10.1. The second-order valence-corrected chi connectivity index (χ2v) is 3.95. The first-order chi connectivity index (χ1) is 7.99. The number of hydrogen-bond donors (Lipinski definition) is 1. The van der Waals surface area contributed by atoms with Crippen LogP contribution in [-0.4, -0.2) is 18.6 Å². The van der Waals surface area contributed by atoms with Crippen LogP contribution >= 0.6 is 11.6 Å². The third kappa shape index (κ3) is 4.70. The van der Waals surface area contributed by atoms with Gasteiger partial charge in [-0.25, -0.2) is 4.79 Å². The largest absolute Gasteiger partial charge is 0.443 e. The van der Waals surface area contributed by atoms with Gasteiger partial charge >= 0.3 is 6.09 Å². The Bertz CT molecular complexity index is 457. The van der Waals surface area contributed by atoms with E-state index in [1.165, 1.54) is 0 Å². The molecule has 1 rings (SSSR count). The van der Waals surface area contributed by atoms with Gasteiger partial charge < -0.3 is 4.74 Å². The number of ether oxygens (including phenoxy) is 1. The summed E-state index contributed by atoms with van der Waals surface area (Å²) in [6.07, 6.45) is -0.849. The molecule has 0 spiro atoms. The number of carbonyl (C=O) groups is 2. The predicted octanol–water partition coefficient (Wildman–Crippen LogP) is 2.61. The molecular weight excluding hydrogens is 242 g/mol. The maximum atomic E-state index is 11.6. The highest BCUT2D eigenvalue weighted by atomic mass is 35.5. The summed E-state index contributed by atoms with van der Waals surface area (Å²) in [5.74, 6) is -0.515. The number of amides is 2. The SMILES string of the molecule is C=C(Cl)COC(=O)NC(=O)c1cccc(C)c1. The Hall–Kier alpha value is -1.81. The van der Waals surface area contributed by atoms with Crippen LogP contribution in [0.4, 0.5) is 4.79 Å². The molecule has 4 nitrogen and oxygen atoms in total. The van der Waals surface area contributed by atoms with E-state index in [1.807, 2.05) is 13.0 Å². The highest BCUT2D eigenvalue weighted by molar-refractivity contribution is 6.29. The first-order valence-electron chi connectivity index (χ1n) is 4.87. The maximum Gasteiger partial charge on any atom is 0.414 e. The Morgan fingerprint density at radius 3 is 2.76 bits per heavy atom. The van der Waals surface area contributed by atoms with Crippen LogP contribution < -0.4 is 5.32 Å². The van der Waals surface area contributed by atoms with E-state index in [2.05, 4.69) is 16.6 Å². The fraction of sp³-hybridized carbons (Fsp3) is 0.167. The van der Waals surface area contributed by atoms with Crippen molar-refractivity contribution in [2.45, 2.75) is 6.92 Å². The number of nitrogens with one attached hydrogen (secondary N) is 1. The molecule has 0 unspecified atom stereocenters. The lowest BCUT2D eigenvalue weighted by molar-refractivity contribution is 0.0928. The molecule has 0 saturated heterocycles. The van der Waals surface area contributed by atoms with E-state index in [0.29, 0.717) is 5.56 Å². The molecule has 0 aliphatic carbocycles. The average Bonchev–Trinajstić information content (AvgIpc) is 2.26. The molecule has 0 fully saturated rings. The second kappa shape index (κ2) is 6.06. The summed E-state index contributed by atoms with van der Waals surface area (Å²) in [4.78, 5) is 22.7. The molecule has 1 N–H and O–H groups in total. The molecule has 5 heteroatoms. The van der Waals surface area contributed by atoms with Gasteiger partial charge in [-0.1, -0.05) is 35.9 Å². The van der Waals surface area contributed by atoms with Crippen molar-refractivity contribution in [3.63, 3.8) is 0 Å². The quantitative estimate of drug-likeness (QED) is 0.901. The molecule has 1 aromatic rings. The normalized spacial score (nSPS) is 9.53. The van der Waals surface area contributed by atoms with Crippen molar-refractivity contribution < 1.29 is 14.3 Å². The van der Waals surface area contributed by atoms with E-state index in [9.17, 15) is 9.59 Å². The van der Waals surface area contributed by atoms with Gasteiger partial charge in [0.15, 0.2) is 0 Å². The molecule has 90 valence electrons. The number of benzene rings is 1. The highest BCUT2D eigenvalue weighted by Gasteiger charge is 2.11. The van der Waals surface area contributed by atoms with Crippen molar-refractivity contribution in [3.8, 4) is 0 Å². The minimum atomic E-state index is -0.849. The Morgan fingerprint density at radius 2 is 2.18 bits per heavy atom. The van der Waals surface area contributed by atoms with E-state index in [4.69, 9.17) is 11.6 Å². The van der Waals surface area contributed by atoms with Gasteiger partial charge in [0.05, 0.1) is 0 Å². The summed E-state index contributed by atoms with van der Waals surface area (Å²) in [5, 5.41) is 2.26. The molecule has 2 amide bonds. The van der Waals surface area contributed by atoms with E-state index in [1.54, 1.807) is 18.2 Å². The van der Waals surface area contributed by atoms with Gasteiger partial charge in [-0.05, 0) is 19.1 Å². The molecule has 1 aromatic carbocycles. The third-order valence-electron chi connectivity index (χ3n) is 1.86. The lowest BCUT2D eigenvalue weighted by Crippen LogP contribution is -2.31. The molecule has 0 radical (unpaired) electrons. The van der Waals surface area contributed by atoms with Crippen LogP contribution in [0, 0.1) is 6.92 Å². The summed E-state index contributed by atoms with van der Waals surface area (Å²) in [5.41, 5.74) is 1.33. The van der Waals surface area contributed by atoms with Crippen LogP contribution in [0.15, 0.2) is 35.9 Å². The monoisotopic (exact) mass is 253 g/mol. The predicted molar refractivity (Wildman–Crippen MR) is 65.0 cm³/mol. The van der Waals surface area contributed by atoms with Gasteiger partial charge in [0.2, 0.25) is 0 Å². The van der Waals surface area contributed by atoms with Crippen LogP contribution in [0.25, 0.3) is 0 Å². The van der Waals surface area contributed by atoms with Gasteiger partial charge in [-0.3, -0.25) is 10.1 Å². The fourth-order valence-corrected chi connectivity index (χ4v) is 1.19. The van der Waals surface area contributed by atoms with Crippen molar-refractivity contribution in [1.29, 1.82) is 0 Å². The average molecular weight is 254 g/mol. The number of alkyl carbamates (subject to hydrolysis) is 1. The molecule has 0 saturated carbocycles. The summed E-state index contributed by atoms with van der Waals surface area (Å²) in [6, 6.07) is 6.86. The number of carbonyl (C=O) groups excluding carboxylic acids is 2. The Balaban J connectivity index is 2.55. The van der Waals surface area contributed by atoms with Crippen LogP contribution in [-0.2, 0) is 4.74 Å². The zero-order chi connectivity index (χ0) is 12.8. The Kier molecular flexibility index (Phi) is 4.72. The van der Waals surface area contributed by atoms with E-state index >= 15 is 0 Å². The van der Waals surface area contributed by atoms with Crippen molar-refractivity contribution >= 4 is 23.6 Å². The summed E-state index contributed by atoms with van der Waals surface area (Å²) < 4.78 is 4.62. The van der Waals surface area contributed by atoms with Gasteiger partial charge in [-0.2, -0.15) is 0 Å². The molecule has 0 bridgehead atoms. The molecule has 0 aliphatic heterocycles. The van der Waals surface area contributed by atoms with E-state index in [-0.39, 0.29) is 11.6 Å². The highest BCUT2D eigenvalue weighted by Crippen LogP contribution is 2.04. The topological polar surface area (TPSA) is 55.4 Å².